The molecule has 0 spiro atoms. The second-order valence-electron chi connectivity index (χ2n) is 3.55. The first kappa shape index (κ1) is 10.5. The number of benzene rings is 1. The van der Waals surface area contributed by atoms with E-state index in [0.717, 1.165) is 16.5 Å². The van der Waals surface area contributed by atoms with Gasteiger partial charge in [-0.1, -0.05) is 18.2 Å². The van der Waals surface area contributed by atoms with Crippen LogP contribution in [0.4, 0.5) is 0 Å². The number of carbonyl (C=O) groups excluding carboxylic acids is 1. The monoisotopic (exact) mass is 218 g/mol. The smallest absolute Gasteiger partial charge is 0.271 e. The maximum Gasteiger partial charge on any atom is 0.271 e. The highest BCUT2D eigenvalue weighted by Gasteiger charge is 2.19. The van der Waals surface area contributed by atoms with Gasteiger partial charge in [-0.2, -0.15) is 4.73 Å². The second-order valence-corrected chi connectivity index (χ2v) is 3.55. The van der Waals surface area contributed by atoms with E-state index in [0.29, 0.717) is 5.69 Å². The van der Waals surface area contributed by atoms with E-state index in [1.807, 2.05) is 31.2 Å². The van der Waals surface area contributed by atoms with Crippen LogP contribution in [0.1, 0.15) is 16.1 Å². The number of amides is 1. The van der Waals surface area contributed by atoms with Crippen LogP contribution in [0.15, 0.2) is 24.3 Å². The molecule has 2 rings (SSSR count). The average Bonchev–Trinajstić information content (AvgIpc) is 2.62. The molecule has 1 heterocycles. The lowest BCUT2D eigenvalue weighted by Crippen LogP contribution is -2.24. The van der Waals surface area contributed by atoms with Crippen LogP contribution in [0.3, 0.4) is 0 Å². The molecule has 0 atom stereocenters. The van der Waals surface area contributed by atoms with Gasteiger partial charge in [0, 0.05) is 12.4 Å². The Labute approximate surface area is 93.8 Å². The lowest BCUT2D eigenvalue weighted by Gasteiger charge is -2.07. The van der Waals surface area contributed by atoms with Crippen LogP contribution in [0, 0.1) is 6.92 Å². The van der Waals surface area contributed by atoms with Crippen LogP contribution in [-0.4, -0.2) is 24.8 Å². The fourth-order valence-corrected chi connectivity index (χ4v) is 1.94. The molecule has 4 nitrogen and oxygen atoms in total. The Balaban J connectivity index is 2.81. The summed E-state index contributed by atoms with van der Waals surface area (Å²) >= 11 is 0. The molecule has 1 aromatic heterocycles. The minimum atomic E-state index is -0.143. The van der Waals surface area contributed by atoms with E-state index in [-0.39, 0.29) is 5.91 Å². The molecule has 0 saturated carbocycles. The number of para-hydroxylation sites is 1. The Kier molecular flexibility index (Phi) is 2.56. The molecule has 1 amide bonds. The third kappa shape index (κ3) is 1.34. The fraction of sp³-hybridized carbons (Fsp3) is 0.250. The predicted molar refractivity (Wildman–Crippen MR) is 62.6 cm³/mol. The van der Waals surface area contributed by atoms with Gasteiger partial charge in [-0.3, -0.25) is 4.79 Å². The molecule has 0 aliphatic rings. The Morgan fingerprint density at radius 1 is 1.38 bits per heavy atom. The zero-order chi connectivity index (χ0) is 11.7. The number of fused-ring (bicyclic) bond motifs is 1. The van der Waals surface area contributed by atoms with E-state index in [1.54, 1.807) is 18.9 Å². The zero-order valence-electron chi connectivity index (χ0n) is 9.57. The summed E-state index contributed by atoms with van der Waals surface area (Å²) in [7, 11) is 3.16. The first-order chi connectivity index (χ1) is 7.70. The van der Waals surface area contributed by atoms with Crippen molar-refractivity contribution in [1.82, 2.24) is 10.0 Å². The van der Waals surface area contributed by atoms with E-state index in [9.17, 15) is 4.79 Å². The number of rotatable bonds is 2. The molecule has 1 aromatic carbocycles. The van der Waals surface area contributed by atoms with Crippen molar-refractivity contribution in [3.05, 3.63) is 35.5 Å². The minimum Gasteiger partial charge on any atom is -0.416 e. The van der Waals surface area contributed by atoms with Crippen molar-refractivity contribution in [2.75, 3.05) is 14.2 Å². The molecule has 0 aliphatic carbocycles. The zero-order valence-corrected chi connectivity index (χ0v) is 9.57. The maximum absolute atomic E-state index is 11.8. The van der Waals surface area contributed by atoms with Crippen LogP contribution >= 0.6 is 0 Å². The standard InChI is InChI=1S/C12H14N2O2/c1-8-9-6-4-5-7-10(9)14(16-3)11(8)12(15)13-2/h4-7H,1-3H3,(H,13,15). The predicted octanol–water partition coefficient (Wildman–Crippen LogP) is 1.37. The Bertz CT molecular complexity index is 543. The van der Waals surface area contributed by atoms with Crippen molar-refractivity contribution in [2.45, 2.75) is 6.92 Å². The normalized spacial score (nSPS) is 10.4. The number of aromatic nitrogens is 1. The molecular weight excluding hydrogens is 204 g/mol. The molecule has 0 unspecified atom stereocenters. The summed E-state index contributed by atoms with van der Waals surface area (Å²) in [5.41, 5.74) is 2.38. The van der Waals surface area contributed by atoms with Crippen LogP contribution < -0.4 is 10.2 Å². The van der Waals surface area contributed by atoms with Gasteiger partial charge in [-0.05, 0) is 18.6 Å². The van der Waals surface area contributed by atoms with Crippen molar-refractivity contribution in [3.63, 3.8) is 0 Å². The highest BCUT2D eigenvalue weighted by Crippen LogP contribution is 2.24. The summed E-state index contributed by atoms with van der Waals surface area (Å²) in [5.74, 6) is -0.143. The quantitative estimate of drug-likeness (QED) is 0.827. The second kappa shape index (κ2) is 3.89. The van der Waals surface area contributed by atoms with Crippen molar-refractivity contribution in [2.24, 2.45) is 0 Å². The first-order valence-electron chi connectivity index (χ1n) is 5.07. The van der Waals surface area contributed by atoms with Gasteiger partial charge in [0.2, 0.25) is 0 Å². The van der Waals surface area contributed by atoms with Gasteiger partial charge in [-0.25, -0.2) is 0 Å². The lowest BCUT2D eigenvalue weighted by atomic mass is 10.1. The van der Waals surface area contributed by atoms with E-state index in [4.69, 9.17) is 4.84 Å². The molecule has 84 valence electrons. The summed E-state index contributed by atoms with van der Waals surface area (Å²) in [6.07, 6.45) is 0. The molecule has 0 radical (unpaired) electrons. The summed E-state index contributed by atoms with van der Waals surface area (Å²) in [6, 6.07) is 7.78. The number of carbonyl (C=O) groups is 1. The van der Waals surface area contributed by atoms with Crippen LogP contribution in [-0.2, 0) is 0 Å². The Morgan fingerprint density at radius 3 is 2.69 bits per heavy atom. The summed E-state index contributed by atoms with van der Waals surface area (Å²) in [6.45, 7) is 1.92. The number of aryl methyl sites for hydroxylation is 1. The third-order valence-electron chi connectivity index (χ3n) is 2.71. The topological polar surface area (TPSA) is 43.3 Å². The minimum absolute atomic E-state index is 0.143. The highest BCUT2D eigenvalue weighted by molar-refractivity contribution is 6.01. The molecule has 0 fully saturated rings. The number of nitrogens with zero attached hydrogens (tertiary/aromatic N) is 1. The van der Waals surface area contributed by atoms with E-state index >= 15 is 0 Å². The van der Waals surface area contributed by atoms with Gasteiger partial charge in [0.15, 0.2) is 0 Å². The van der Waals surface area contributed by atoms with Crippen LogP contribution in [0.5, 0.6) is 0 Å². The maximum atomic E-state index is 11.8. The first-order valence-corrected chi connectivity index (χ1v) is 5.07. The van der Waals surface area contributed by atoms with Gasteiger partial charge in [0.25, 0.3) is 5.91 Å². The van der Waals surface area contributed by atoms with Crippen molar-refractivity contribution in [1.29, 1.82) is 0 Å². The molecule has 0 saturated heterocycles. The van der Waals surface area contributed by atoms with Gasteiger partial charge in [0.05, 0.1) is 5.52 Å². The molecule has 0 bridgehead atoms. The van der Waals surface area contributed by atoms with Crippen molar-refractivity contribution < 1.29 is 9.63 Å². The highest BCUT2D eigenvalue weighted by atomic mass is 16.6. The SMILES string of the molecule is CNC(=O)c1c(C)c2ccccc2n1OC. The van der Waals surface area contributed by atoms with Gasteiger partial charge in [-0.15, -0.1) is 0 Å². The summed E-state index contributed by atoms with van der Waals surface area (Å²) in [4.78, 5) is 17.0. The Hall–Kier alpha value is -1.97. The average molecular weight is 218 g/mol. The number of nitrogens with one attached hydrogen (secondary N) is 1. The van der Waals surface area contributed by atoms with Crippen LogP contribution in [0.25, 0.3) is 10.9 Å². The van der Waals surface area contributed by atoms with Crippen LogP contribution in [0.2, 0.25) is 0 Å². The largest absolute Gasteiger partial charge is 0.416 e. The molecule has 1 N–H and O–H groups in total. The molecular formula is C12H14N2O2. The Morgan fingerprint density at radius 2 is 2.06 bits per heavy atom. The summed E-state index contributed by atoms with van der Waals surface area (Å²) < 4.78 is 1.56. The summed E-state index contributed by atoms with van der Waals surface area (Å²) in [5, 5.41) is 3.65. The van der Waals surface area contributed by atoms with Gasteiger partial charge in [0.1, 0.15) is 12.8 Å². The van der Waals surface area contributed by atoms with Crippen molar-refractivity contribution >= 4 is 16.8 Å². The number of hydrogen-bond acceptors (Lipinski definition) is 2. The van der Waals surface area contributed by atoms with Crippen molar-refractivity contribution in [3.8, 4) is 0 Å². The van der Waals surface area contributed by atoms with E-state index in [1.165, 1.54) is 0 Å². The van der Waals surface area contributed by atoms with Gasteiger partial charge >= 0.3 is 0 Å². The van der Waals surface area contributed by atoms with E-state index in [2.05, 4.69) is 5.32 Å². The lowest BCUT2D eigenvalue weighted by molar-refractivity contribution is 0.0911. The molecule has 2 aromatic rings. The molecule has 4 heteroatoms. The van der Waals surface area contributed by atoms with E-state index < -0.39 is 0 Å². The molecule has 16 heavy (non-hydrogen) atoms. The number of hydrogen-bond donors (Lipinski definition) is 1. The third-order valence-corrected chi connectivity index (χ3v) is 2.71. The van der Waals surface area contributed by atoms with Gasteiger partial charge < -0.3 is 10.2 Å². The fourth-order valence-electron chi connectivity index (χ4n) is 1.94. The molecule has 0 aliphatic heterocycles.